The van der Waals surface area contributed by atoms with Crippen LogP contribution in [0.2, 0.25) is 0 Å². The average molecular weight is 575 g/mol. The molecular weight excluding hydrogens is 543 g/mol. The van der Waals surface area contributed by atoms with Gasteiger partial charge in [-0.25, -0.2) is 14.6 Å². The maximum Gasteiger partial charge on any atom is 0.339 e. The van der Waals surface area contributed by atoms with Gasteiger partial charge in [-0.3, -0.25) is 14.9 Å². The SMILES string of the molecule is COc1cc2c(Oc3ccc(/C=N/NC(=O)Nc4ccncc4)cc3F)ccnc2cc1OCCCN1CCOCC1. The highest BCUT2D eigenvalue weighted by molar-refractivity contribution is 5.90. The largest absolute Gasteiger partial charge is 0.493 e. The number of hydrogen-bond acceptors (Lipinski definition) is 9. The van der Waals surface area contributed by atoms with E-state index in [9.17, 15) is 9.18 Å². The Bertz CT molecular complexity index is 1530. The molecule has 0 spiro atoms. The van der Waals surface area contributed by atoms with E-state index in [1.165, 1.54) is 18.3 Å². The van der Waals surface area contributed by atoms with Gasteiger partial charge < -0.3 is 24.3 Å². The number of halogens is 1. The van der Waals surface area contributed by atoms with E-state index in [4.69, 9.17) is 18.9 Å². The number of amides is 2. The number of pyridine rings is 2. The first-order valence-corrected chi connectivity index (χ1v) is 13.5. The van der Waals surface area contributed by atoms with Gasteiger partial charge in [0.25, 0.3) is 0 Å². The number of anilines is 1. The number of benzene rings is 2. The first kappa shape index (κ1) is 28.7. The Morgan fingerprint density at radius 1 is 1.05 bits per heavy atom. The minimum absolute atomic E-state index is 0.0189. The molecule has 2 amide bonds. The molecular formula is C30H31FN6O5. The number of rotatable bonds is 11. The zero-order chi connectivity index (χ0) is 29.1. The van der Waals surface area contributed by atoms with Crippen LogP contribution in [0.4, 0.5) is 14.9 Å². The summed E-state index contributed by atoms with van der Waals surface area (Å²) in [6.07, 6.45) is 6.89. The van der Waals surface area contributed by atoms with Crippen molar-refractivity contribution in [1.29, 1.82) is 0 Å². The quantitative estimate of drug-likeness (QED) is 0.149. The molecule has 2 aromatic heterocycles. The van der Waals surface area contributed by atoms with Gasteiger partial charge in [-0.05, 0) is 54.4 Å². The van der Waals surface area contributed by atoms with E-state index in [1.807, 2.05) is 0 Å². The van der Waals surface area contributed by atoms with E-state index >= 15 is 0 Å². The molecule has 4 aromatic rings. The lowest BCUT2D eigenvalue weighted by molar-refractivity contribution is 0.0357. The third-order valence-corrected chi connectivity index (χ3v) is 6.46. The first-order valence-electron chi connectivity index (χ1n) is 13.5. The van der Waals surface area contributed by atoms with Gasteiger partial charge in [-0.1, -0.05) is 0 Å². The summed E-state index contributed by atoms with van der Waals surface area (Å²) < 4.78 is 37.9. The van der Waals surface area contributed by atoms with Gasteiger partial charge >= 0.3 is 6.03 Å². The lowest BCUT2D eigenvalue weighted by Gasteiger charge is -2.26. The molecule has 0 unspecified atom stereocenters. The van der Waals surface area contributed by atoms with Crippen molar-refractivity contribution in [3.63, 3.8) is 0 Å². The smallest absolute Gasteiger partial charge is 0.339 e. The molecule has 2 N–H and O–H groups in total. The van der Waals surface area contributed by atoms with Crippen molar-refractivity contribution in [3.05, 3.63) is 78.5 Å². The minimum Gasteiger partial charge on any atom is -0.493 e. The van der Waals surface area contributed by atoms with Crippen LogP contribution in [0.15, 0.2) is 72.2 Å². The first-order chi connectivity index (χ1) is 20.6. The van der Waals surface area contributed by atoms with E-state index in [1.54, 1.807) is 62.1 Å². The van der Waals surface area contributed by atoms with Gasteiger partial charge in [0.05, 0.1) is 38.7 Å². The third-order valence-electron chi connectivity index (χ3n) is 6.46. The molecule has 42 heavy (non-hydrogen) atoms. The number of methoxy groups -OCH3 is 1. The molecule has 3 heterocycles. The summed E-state index contributed by atoms with van der Waals surface area (Å²) in [5.41, 5.74) is 3.95. The Kier molecular flexibility index (Phi) is 9.70. The number of carbonyl (C=O) groups is 1. The normalized spacial score (nSPS) is 13.7. The molecule has 1 aliphatic heterocycles. The number of ether oxygens (including phenoxy) is 4. The highest BCUT2D eigenvalue weighted by Crippen LogP contribution is 2.37. The van der Waals surface area contributed by atoms with Gasteiger partial charge in [-0.2, -0.15) is 5.10 Å². The summed E-state index contributed by atoms with van der Waals surface area (Å²) in [5.74, 6) is 0.934. The molecule has 0 radical (unpaired) electrons. The molecule has 0 saturated carbocycles. The zero-order valence-corrected chi connectivity index (χ0v) is 23.1. The van der Waals surface area contributed by atoms with Crippen LogP contribution in [0.25, 0.3) is 10.9 Å². The molecule has 5 rings (SSSR count). The van der Waals surface area contributed by atoms with Crippen molar-refractivity contribution < 1.29 is 28.1 Å². The Hall–Kier alpha value is -4.81. The number of hydrazone groups is 1. The fraction of sp³-hybridized carbons (Fsp3) is 0.267. The van der Waals surface area contributed by atoms with Crippen LogP contribution in [0.5, 0.6) is 23.0 Å². The van der Waals surface area contributed by atoms with Crippen molar-refractivity contribution in [2.24, 2.45) is 5.10 Å². The maximum absolute atomic E-state index is 15.0. The third kappa shape index (κ3) is 7.68. The summed E-state index contributed by atoms with van der Waals surface area (Å²) in [7, 11) is 1.57. The number of hydrogen-bond donors (Lipinski definition) is 2. The Labute approximate surface area is 242 Å². The average Bonchev–Trinajstić information content (AvgIpc) is 3.01. The summed E-state index contributed by atoms with van der Waals surface area (Å²) in [6.45, 7) is 4.87. The molecule has 218 valence electrons. The monoisotopic (exact) mass is 574 g/mol. The minimum atomic E-state index is -0.600. The van der Waals surface area contributed by atoms with Crippen LogP contribution in [-0.2, 0) is 4.74 Å². The van der Waals surface area contributed by atoms with Gasteiger partial charge in [-0.15, -0.1) is 0 Å². The zero-order valence-electron chi connectivity index (χ0n) is 23.1. The second kappa shape index (κ2) is 14.2. The Balaban J connectivity index is 1.21. The maximum atomic E-state index is 15.0. The second-order valence-electron chi connectivity index (χ2n) is 9.34. The van der Waals surface area contributed by atoms with Crippen molar-refractivity contribution in [1.82, 2.24) is 20.3 Å². The molecule has 0 atom stereocenters. The van der Waals surface area contributed by atoms with Crippen molar-refractivity contribution in [3.8, 4) is 23.0 Å². The molecule has 1 saturated heterocycles. The number of urea groups is 1. The van der Waals surface area contributed by atoms with Gasteiger partial charge in [0, 0.05) is 55.4 Å². The van der Waals surface area contributed by atoms with E-state index in [0.29, 0.717) is 46.0 Å². The molecule has 0 bridgehead atoms. The number of nitrogens with zero attached hydrogens (tertiary/aromatic N) is 4. The van der Waals surface area contributed by atoms with Gasteiger partial charge in [0.15, 0.2) is 23.1 Å². The summed E-state index contributed by atoms with van der Waals surface area (Å²) in [4.78, 5) is 22.6. The number of morpholine rings is 1. The number of fused-ring (bicyclic) bond motifs is 1. The van der Waals surface area contributed by atoms with Gasteiger partial charge in [0.2, 0.25) is 0 Å². The lowest BCUT2D eigenvalue weighted by Crippen LogP contribution is -2.37. The topological polar surface area (TPSA) is 119 Å². The molecule has 11 nitrogen and oxygen atoms in total. The highest BCUT2D eigenvalue weighted by atomic mass is 19.1. The molecule has 1 fully saturated rings. The van der Waals surface area contributed by atoms with Crippen LogP contribution in [-0.4, -0.2) is 73.7 Å². The standard InChI is InChI=1S/C30H31FN6O5/c1-39-28-18-23-25(19-29(28)41-14-2-11-37-12-15-40-16-13-37)33-10-7-26(23)42-27-4-3-21(17-24(27)31)20-34-36-30(38)35-22-5-8-32-9-6-22/h3-10,17-20H,2,11-16H2,1H3,(H2,32,35,36,38)/b34-20+. The molecule has 1 aliphatic rings. The number of aromatic nitrogens is 2. The van der Waals surface area contributed by atoms with Crippen LogP contribution >= 0.6 is 0 Å². The highest BCUT2D eigenvalue weighted by Gasteiger charge is 2.15. The van der Waals surface area contributed by atoms with Crippen LogP contribution in [0, 0.1) is 5.82 Å². The van der Waals surface area contributed by atoms with Crippen LogP contribution in [0.1, 0.15) is 12.0 Å². The predicted molar refractivity (Wildman–Crippen MR) is 156 cm³/mol. The van der Waals surface area contributed by atoms with Crippen LogP contribution < -0.4 is 25.0 Å². The van der Waals surface area contributed by atoms with Gasteiger partial charge in [0.1, 0.15) is 5.75 Å². The Morgan fingerprint density at radius 3 is 2.67 bits per heavy atom. The van der Waals surface area contributed by atoms with E-state index in [2.05, 4.69) is 30.7 Å². The molecule has 2 aromatic carbocycles. The van der Waals surface area contributed by atoms with Crippen LogP contribution in [0.3, 0.4) is 0 Å². The van der Waals surface area contributed by atoms with Crippen molar-refractivity contribution in [2.75, 3.05) is 51.9 Å². The van der Waals surface area contributed by atoms with E-state index < -0.39 is 11.8 Å². The summed E-state index contributed by atoms with van der Waals surface area (Å²) >= 11 is 0. The molecule has 0 aliphatic carbocycles. The van der Waals surface area contributed by atoms with E-state index in [-0.39, 0.29) is 5.75 Å². The number of nitrogens with one attached hydrogen (secondary N) is 2. The lowest BCUT2D eigenvalue weighted by atomic mass is 10.1. The van der Waals surface area contributed by atoms with Crippen molar-refractivity contribution in [2.45, 2.75) is 6.42 Å². The predicted octanol–water partition coefficient (Wildman–Crippen LogP) is 4.83. The molecule has 12 heteroatoms. The van der Waals surface area contributed by atoms with Crippen molar-refractivity contribution >= 4 is 28.8 Å². The van der Waals surface area contributed by atoms with E-state index in [0.717, 1.165) is 39.3 Å². The second-order valence-corrected chi connectivity index (χ2v) is 9.34. The summed E-state index contributed by atoms with van der Waals surface area (Å²) in [6, 6.07) is 12.3. The fourth-order valence-electron chi connectivity index (χ4n) is 4.34. The Morgan fingerprint density at radius 2 is 1.88 bits per heavy atom. The summed E-state index contributed by atoms with van der Waals surface area (Å²) in [5, 5.41) is 7.10. The number of carbonyl (C=O) groups excluding carboxylic acids is 1. The fourth-order valence-corrected chi connectivity index (χ4v) is 4.34.